The van der Waals surface area contributed by atoms with E-state index in [0.717, 1.165) is 27.4 Å². The predicted octanol–water partition coefficient (Wildman–Crippen LogP) is 3.47. The fourth-order valence-electron chi connectivity index (χ4n) is 4.23. The van der Waals surface area contributed by atoms with Gasteiger partial charge in [0, 0.05) is 42.3 Å². The Morgan fingerprint density at radius 2 is 2.00 bits per heavy atom. The Morgan fingerprint density at radius 3 is 2.73 bits per heavy atom. The number of anilines is 1. The first-order chi connectivity index (χ1) is 16.0. The molecule has 0 spiro atoms. The first-order valence-electron chi connectivity index (χ1n) is 10.8. The Morgan fingerprint density at radius 1 is 1.21 bits per heavy atom. The lowest BCUT2D eigenvalue weighted by Gasteiger charge is -2.39. The van der Waals surface area contributed by atoms with E-state index in [-0.39, 0.29) is 11.9 Å². The molecule has 1 aliphatic rings. The van der Waals surface area contributed by atoms with Gasteiger partial charge in [0.15, 0.2) is 0 Å². The molecule has 4 aromatic rings. The molecule has 1 aliphatic heterocycles. The number of nitrogens with one attached hydrogen (secondary N) is 2. The average molecular weight is 482 g/mol. The number of benzene rings is 1. The molecule has 1 unspecified atom stereocenters. The van der Waals surface area contributed by atoms with Crippen molar-refractivity contribution in [1.29, 1.82) is 0 Å². The normalized spacial score (nSPS) is 16.6. The van der Waals surface area contributed by atoms with Crippen LogP contribution in [0.2, 0.25) is 5.02 Å². The molecule has 4 N–H and O–H groups in total. The van der Waals surface area contributed by atoms with Crippen molar-refractivity contribution in [1.82, 2.24) is 25.3 Å². The number of rotatable bonds is 6. The summed E-state index contributed by atoms with van der Waals surface area (Å²) in [5.74, 6) is 0.722. The van der Waals surface area contributed by atoms with E-state index < -0.39 is 5.54 Å². The Balaban J connectivity index is 1.30. The van der Waals surface area contributed by atoms with Crippen LogP contribution >= 0.6 is 22.9 Å². The van der Waals surface area contributed by atoms with Crippen LogP contribution in [0.3, 0.4) is 0 Å². The number of amides is 1. The van der Waals surface area contributed by atoms with Gasteiger partial charge in [0.1, 0.15) is 17.8 Å². The maximum absolute atomic E-state index is 13.4. The molecule has 1 aromatic carbocycles. The summed E-state index contributed by atoms with van der Waals surface area (Å²) in [6.45, 7) is 1.28. The Bertz CT molecular complexity index is 1230. The second kappa shape index (κ2) is 9.09. The lowest BCUT2D eigenvalue weighted by molar-refractivity contribution is -0.127. The fourth-order valence-corrected chi connectivity index (χ4v) is 5.02. The highest BCUT2D eigenvalue weighted by atomic mass is 35.5. The van der Waals surface area contributed by atoms with Crippen molar-refractivity contribution < 1.29 is 4.79 Å². The molecule has 33 heavy (non-hydrogen) atoms. The van der Waals surface area contributed by atoms with Crippen molar-refractivity contribution in [2.75, 3.05) is 18.0 Å². The molecule has 1 saturated heterocycles. The average Bonchev–Trinajstić information content (AvgIpc) is 3.51. The molecule has 1 fully saturated rings. The number of nitrogens with zero attached hydrogens (tertiary/aromatic N) is 4. The summed E-state index contributed by atoms with van der Waals surface area (Å²) >= 11 is 7.64. The van der Waals surface area contributed by atoms with Crippen molar-refractivity contribution in [2.24, 2.45) is 5.73 Å². The number of aromatic amines is 1. The molecule has 1 amide bonds. The Hall–Kier alpha value is -3.01. The molecule has 8 nitrogen and oxygen atoms in total. The Kier molecular flexibility index (Phi) is 6.01. The van der Waals surface area contributed by atoms with Gasteiger partial charge >= 0.3 is 0 Å². The SMILES string of the molecule is NC1(C(=O)NC(Cc2nccs2)c2ccc(Cl)cc2)CCN(c2ncnc3[nH]ccc23)CC1. The lowest BCUT2D eigenvalue weighted by atomic mass is 9.87. The number of thiazole rings is 1. The number of piperidine rings is 1. The molecule has 5 rings (SSSR count). The number of hydrogen-bond donors (Lipinski definition) is 3. The molecule has 10 heteroatoms. The van der Waals surface area contributed by atoms with Gasteiger partial charge < -0.3 is 20.9 Å². The van der Waals surface area contributed by atoms with E-state index >= 15 is 0 Å². The number of carbonyl (C=O) groups is 1. The highest BCUT2D eigenvalue weighted by molar-refractivity contribution is 7.09. The van der Waals surface area contributed by atoms with E-state index in [4.69, 9.17) is 17.3 Å². The third-order valence-electron chi connectivity index (χ3n) is 6.18. The third kappa shape index (κ3) is 4.57. The van der Waals surface area contributed by atoms with Gasteiger partial charge in [0.2, 0.25) is 5.91 Å². The van der Waals surface area contributed by atoms with Crippen molar-refractivity contribution in [2.45, 2.75) is 30.8 Å². The molecular formula is C23H24ClN7OS. The first-order valence-corrected chi connectivity index (χ1v) is 12.0. The van der Waals surface area contributed by atoms with Gasteiger partial charge in [-0.05, 0) is 36.6 Å². The molecule has 0 saturated carbocycles. The molecule has 3 aromatic heterocycles. The molecule has 0 aliphatic carbocycles. The van der Waals surface area contributed by atoms with Gasteiger partial charge in [-0.25, -0.2) is 15.0 Å². The second-order valence-corrected chi connectivity index (χ2v) is 9.70. The van der Waals surface area contributed by atoms with Gasteiger partial charge in [-0.2, -0.15) is 0 Å². The number of hydrogen-bond acceptors (Lipinski definition) is 7. The van der Waals surface area contributed by atoms with Gasteiger partial charge in [-0.1, -0.05) is 23.7 Å². The molecule has 0 radical (unpaired) electrons. The summed E-state index contributed by atoms with van der Waals surface area (Å²) in [6.07, 6.45) is 6.83. The summed E-state index contributed by atoms with van der Waals surface area (Å²) in [4.78, 5) is 31.8. The fraction of sp³-hybridized carbons (Fsp3) is 0.304. The molecular weight excluding hydrogens is 458 g/mol. The van der Waals surface area contributed by atoms with Crippen molar-refractivity contribution >= 4 is 45.7 Å². The number of fused-ring (bicyclic) bond motifs is 1. The van der Waals surface area contributed by atoms with E-state index in [2.05, 4.69) is 30.2 Å². The standard InChI is InChI=1S/C23H24ClN7OS/c24-16-3-1-15(2-4-16)18(13-19-26-9-12-33-19)30-22(32)23(25)6-10-31(11-7-23)21-17-5-8-27-20(17)28-14-29-21/h1-5,8-9,12,14,18H,6-7,10-11,13,25H2,(H,30,32)(H,27,28,29). The minimum absolute atomic E-state index is 0.145. The summed E-state index contributed by atoms with van der Waals surface area (Å²) in [5.41, 5.74) is 7.47. The van der Waals surface area contributed by atoms with E-state index in [1.807, 2.05) is 41.9 Å². The van der Waals surface area contributed by atoms with Crippen LogP contribution in [0.1, 0.15) is 29.5 Å². The number of aromatic nitrogens is 4. The van der Waals surface area contributed by atoms with Crippen LogP contribution in [-0.2, 0) is 11.2 Å². The maximum Gasteiger partial charge on any atom is 0.240 e. The van der Waals surface area contributed by atoms with Crippen LogP contribution < -0.4 is 16.0 Å². The third-order valence-corrected chi connectivity index (χ3v) is 7.23. The zero-order chi connectivity index (χ0) is 22.8. The number of halogens is 1. The largest absolute Gasteiger partial charge is 0.356 e. The second-order valence-electron chi connectivity index (χ2n) is 8.29. The highest BCUT2D eigenvalue weighted by Crippen LogP contribution is 2.29. The van der Waals surface area contributed by atoms with Crippen LogP contribution in [0.5, 0.6) is 0 Å². The van der Waals surface area contributed by atoms with Crippen LogP contribution in [0.4, 0.5) is 5.82 Å². The van der Waals surface area contributed by atoms with Crippen LogP contribution in [0.25, 0.3) is 11.0 Å². The van der Waals surface area contributed by atoms with E-state index in [0.29, 0.717) is 37.4 Å². The number of carbonyl (C=O) groups excluding carboxylic acids is 1. The Labute approximate surface area is 200 Å². The minimum Gasteiger partial charge on any atom is -0.356 e. The van der Waals surface area contributed by atoms with E-state index in [1.54, 1.807) is 23.9 Å². The van der Waals surface area contributed by atoms with Gasteiger partial charge in [-0.15, -0.1) is 11.3 Å². The molecule has 4 heterocycles. The number of nitrogens with two attached hydrogens (primary N) is 1. The molecule has 170 valence electrons. The topological polar surface area (TPSA) is 113 Å². The zero-order valence-electron chi connectivity index (χ0n) is 17.9. The summed E-state index contributed by atoms with van der Waals surface area (Å²) in [7, 11) is 0. The predicted molar refractivity (Wildman–Crippen MR) is 130 cm³/mol. The van der Waals surface area contributed by atoms with E-state index in [9.17, 15) is 4.79 Å². The van der Waals surface area contributed by atoms with Crippen LogP contribution in [0.15, 0.2) is 54.4 Å². The van der Waals surface area contributed by atoms with Gasteiger partial charge in [0.05, 0.1) is 22.0 Å². The summed E-state index contributed by atoms with van der Waals surface area (Å²) in [5, 5.41) is 7.71. The zero-order valence-corrected chi connectivity index (χ0v) is 19.4. The molecule has 1 atom stereocenters. The first kappa shape index (κ1) is 21.8. The smallest absolute Gasteiger partial charge is 0.240 e. The number of H-pyrrole nitrogens is 1. The monoisotopic (exact) mass is 481 g/mol. The van der Waals surface area contributed by atoms with Crippen molar-refractivity contribution in [3.05, 3.63) is 70.0 Å². The van der Waals surface area contributed by atoms with Gasteiger partial charge in [0.25, 0.3) is 0 Å². The minimum atomic E-state index is -0.950. The lowest BCUT2D eigenvalue weighted by Crippen LogP contribution is -2.60. The maximum atomic E-state index is 13.4. The highest BCUT2D eigenvalue weighted by Gasteiger charge is 2.39. The van der Waals surface area contributed by atoms with Crippen LogP contribution in [0, 0.1) is 0 Å². The molecule has 0 bridgehead atoms. The quantitative estimate of drug-likeness (QED) is 0.388. The van der Waals surface area contributed by atoms with Crippen molar-refractivity contribution in [3.63, 3.8) is 0 Å². The van der Waals surface area contributed by atoms with Crippen LogP contribution in [-0.4, -0.2) is 44.5 Å². The van der Waals surface area contributed by atoms with Gasteiger partial charge in [-0.3, -0.25) is 4.79 Å². The van der Waals surface area contributed by atoms with E-state index in [1.165, 1.54) is 0 Å². The summed E-state index contributed by atoms with van der Waals surface area (Å²) < 4.78 is 0. The summed E-state index contributed by atoms with van der Waals surface area (Å²) in [6, 6.07) is 9.27. The van der Waals surface area contributed by atoms with Crippen molar-refractivity contribution in [3.8, 4) is 0 Å².